The van der Waals surface area contributed by atoms with Crippen LogP contribution in [0.15, 0.2) is 35.7 Å². The number of nitrogens with one attached hydrogen (secondary N) is 1. The maximum atomic E-state index is 14.0. The second-order valence-electron chi connectivity index (χ2n) is 7.29. The zero-order valence-corrected chi connectivity index (χ0v) is 18.4. The van der Waals surface area contributed by atoms with Gasteiger partial charge in [-0.15, -0.1) is 11.3 Å². The first kappa shape index (κ1) is 22.1. The molecule has 4 rings (SSSR count). The number of aromatic nitrogens is 3. The van der Waals surface area contributed by atoms with E-state index in [0.29, 0.717) is 41.1 Å². The first-order valence-corrected chi connectivity index (χ1v) is 10.6. The molecule has 4 aromatic rings. The zero-order chi connectivity index (χ0) is 23.0. The van der Waals surface area contributed by atoms with Crippen molar-refractivity contribution >= 4 is 28.1 Å². The SMILES string of the molecule is COc1cc(F)cc2c1cc(C)n2CCNc1cc(-c2cc(C(F)(F)F)cs2)nc(C)n1. The fourth-order valence-corrected chi connectivity index (χ4v) is 4.47. The Labute approximate surface area is 185 Å². The van der Waals surface area contributed by atoms with Crippen LogP contribution in [-0.2, 0) is 12.7 Å². The Kier molecular flexibility index (Phi) is 5.81. The van der Waals surface area contributed by atoms with Crippen molar-refractivity contribution in [3.8, 4) is 16.3 Å². The second-order valence-corrected chi connectivity index (χ2v) is 8.20. The molecule has 0 spiro atoms. The highest BCUT2D eigenvalue weighted by Gasteiger charge is 2.32. The Bertz CT molecular complexity index is 1280. The van der Waals surface area contributed by atoms with Crippen molar-refractivity contribution < 1.29 is 22.3 Å². The van der Waals surface area contributed by atoms with Gasteiger partial charge in [-0.25, -0.2) is 14.4 Å². The Hall–Kier alpha value is -3.14. The van der Waals surface area contributed by atoms with Gasteiger partial charge >= 0.3 is 6.18 Å². The Balaban J connectivity index is 1.54. The number of methoxy groups -OCH3 is 1. The molecule has 0 unspecified atom stereocenters. The number of anilines is 1. The summed E-state index contributed by atoms with van der Waals surface area (Å²) in [6, 6.07) is 7.47. The van der Waals surface area contributed by atoms with E-state index in [-0.39, 0.29) is 5.82 Å². The molecule has 0 aliphatic heterocycles. The lowest BCUT2D eigenvalue weighted by Gasteiger charge is -2.12. The van der Waals surface area contributed by atoms with Crippen LogP contribution in [0, 0.1) is 19.7 Å². The quantitative estimate of drug-likeness (QED) is 0.353. The van der Waals surface area contributed by atoms with Crippen LogP contribution in [-0.4, -0.2) is 28.2 Å². The van der Waals surface area contributed by atoms with E-state index in [9.17, 15) is 17.6 Å². The summed E-state index contributed by atoms with van der Waals surface area (Å²) < 4.78 is 60.0. The van der Waals surface area contributed by atoms with E-state index in [4.69, 9.17) is 4.74 Å². The molecule has 1 aromatic carbocycles. The van der Waals surface area contributed by atoms with E-state index in [0.717, 1.165) is 39.4 Å². The van der Waals surface area contributed by atoms with E-state index in [1.807, 2.05) is 17.6 Å². The van der Waals surface area contributed by atoms with Gasteiger partial charge in [0.15, 0.2) is 0 Å². The number of thiophene rings is 1. The highest BCUT2D eigenvalue weighted by atomic mass is 32.1. The zero-order valence-electron chi connectivity index (χ0n) is 17.5. The topological polar surface area (TPSA) is 52.0 Å². The molecule has 3 aromatic heterocycles. The van der Waals surface area contributed by atoms with Gasteiger partial charge in [0, 0.05) is 41.7 Å². The van der Waals surface area contributed by atoms with Gasteiger partial charge in [-0.3, -0.25) is 0 Å². The van der Waals surface area contributed by atoms with Crippen LogP contribution in [0.4, 0.5) is 23.4 Å². The number of ether oxygens (including phenoxy) is 1. The fraction of sp³-hybridized carbons (Fsp3) is 0.273. The number of fused-ring (bicyclic) bond motifs is 1. The smallest absolute Gasteiger partial charge is 0.417 e. The number of hydrogen-bond acceptors (Lipinski definition) is 5. The van der Waals surface area contributed by atoms with Crippen LogP contribution in [0.2, 0.25) is 0 Å². The van der Waals surface area contributed by atoms with Crippen LogP contribution >= 0.6 is 11.3 Å². The van der Waals surface area contributed by atoms with Gasteiger partial charge in [0.25, 0.3) is 0 Å². The van der Waals surface area contributed by atoms with Crippen molar-refractivity contribution in [2.45, 2.75) is 26.6 Å². The molecule has 0 amide bonds. The monoisotopic (exact) mass is 464 g/mol. The van der Waals surface area contributed by atoms with Gasteiger partial charge in [-0.1, -0.05) is 0 Å². The average Bonchev–Trinajstić information content (AvgIpc) is 3.33. The van der Waals surface area contributed by atoms with E-state index < -0.39 is 11.7 Å². The summed E-state index contributed by atoms with van der Waals surface area (Å²) in [6.07, 6.45) is -4.39. The van der Waals surface area contributed by atoms with E-state index in [1.165, 1.54) is 19.2 Å². The molecule has 0 atom stereocenters. The largest absolute Gasteiger partial charge is 0.496 e. The number of nitrogens with zero attached hydrogens (tertiary/aromatic N) is 3. The average molecular weight is 464 g/mol. The van der Waals surface area contributed by atoms with Crippen LogP contribution in [0.1, 0.15) is 17.1 Å². The lowest BCUT2D eigenvalue weighted by molar-refractivity contribution is -0.137. The minimum Gasteiger partial charge on any atom is -0.496 e. The molecule has 3 heterocycles. The maximum Gasteiger partial charge on any atom is 0.417 e. The summed E-state index contributed by atoms with van der Waals surface area (Å²) in [7, 11) is 1.50. The molecule has 0 aliphatic carbocycles. The molecule has 0 saturated heterocycles. The molecule has 168 valence electrons. The Morgan fingerprint density at radius 1 is 1.09 bits per heavy atom. The third kappa shape index (κ3) is 4.40. The van der Waals surface area contributed by atoms with Crippen molar-refractivity contribution in [1.82, 2.24) is 14.5 Å². The van der Waals surface area contributed by atoms with E-state index in [2.05, 4.69) is 15.3 Å². The third-order valence-corrected chi connectivity index (χ3v) is 5.99. The molecule has 1 N–H and O–H groups in total. The number of hydrogen-bond donors (Lipinski definition) is 1. The van der Waals surface area contributed by atoms with Gasteiger partial charge in [-0.05, 0) is 32.0 Å². The predicted molar refractivity (Wildman–Crippen MR) is 117 cm³/mol. The first-order valence-electron chi connectivity index (χ1n) is 9.74. The number of aryl methyl sites for hydroxylation is 2. The molecule has 0 saturated carbocycles. The highest BCUT2D eigenvalue weighted by Crippen LogP contribution is 2.36. The summed E-state index contributed by atoms with van der Waals surface area (Å²) in [5.41, 5.74) is 1.40. The molecule has 0 radical (unpaired) electrons. The molecule has 0 aliphatic rings. The lowest BCUT2D eigenvalue weighted by Crippen LogP contribution is -2.13. The van der Waals surface area contributed by atoms with Crippen LogP contribution in [0.5, 0.6) is 5.75 Å². The molecule has 32 heavy (non-hydrogen) atoms. The Morgan fingerprint density at radius 3 is 2.56 bits per heavy atom. The van der Waals surface area contributed by atoms with E-state index >= 15 is 0 Å². The fourth-order valence-electron chi connectivity index (χ4n) is 3.59. The highest BCUT2D eigenvalue weighted by molar-refractivity contribution is 7.13. The van der Waals surface area contributed by atoms with Crippen LogP contribution in [0.25, 0.3) is 21.5 Å². The minimum absolute atomic E-state index is 0.382. The second kappa shape index (κ2) is 8.42. The molecular weight excluding hydrogens is 444 g/mol. The van der Waals surface area contributed by atoms with Crippen LogP contribution < -0.4 is 10.1 Å². The normalized spacial score (nSPS) is 11.8. The van der Waals surface area contributed by atoms with Gasteiger partial charge in [0.1, 0.15) is 23.2 Å². The number of halogens is 4. The summed E-state index contributed by atoms with van der Waals surface area (Å²) in [5, 5.41) is 5.09. The molecular formula is C22H20F4N4OS. The van der Waals surface area contributed by atoms with Crippen molar-refractivity contribution in [3.63, 3.8) is 0 Å². The summed E-state index contributed by atoms with van der Waals surface area (Å²) >= 11 is 0.987. The minimum atomic E-state index is -4.39. The first-order chi connectivity index (χ1) is 15.2. The van der Waals surface area contributed by atoms with Gasteiger partial charge in [-0.2, -0.15) is 13.2 Å². The lowest BCUT2D eigenvalue weighted by atomic mass is 10.2. The van der Waals surface area contributed by atoms with Crippen molar-refractivity contribution in [1.29, 1.82) is 0 Å². The number of alkyl halides is 3. The van der Waals surface area contributed by atoms with E-state index in [1.54, 1.807) is 13.0 Å². The molecule has 10 heteroatoms. The molecule has 0 fully saturated rings. The molecule has 5 nitrogen and oxygen atoms in total. The molecule has 0 bridgehead atoms. The van der Waals surface area contributed by atoms with Gasteiger partial charge in [0.2, 0.25) is 0 Å². The summed E-state index contributed by atoms with van der Waals surface area (Å²) in [6.45, 7) is 4.61. The Morgan fingerprint density at radius 2 is 1.88 bits per heavy atom. The third-order valence-electron chi connectivity index (χ3n) is 5.03. The summed E-state index contributed by atoms with van der Waals surface area (Å²) in [4.78, 5) is 9.02. The standard InChI is InChI=1S/C22H20F4N4OS/c1-12-6-16-18(8-15(23)9-19(16)31-3)30(12)5-4-27-21-10-17(28-13(2)29-21)20-7-14(11-32-20)22(24,25)26/h6-11H,4-5H2,1-3H3,(H,27,28,29). The predicted octanol–water partition coefficient (Wildman–Crippen LogP) is 6.06. The van der Waals surface area contributed by atoms with Gasteiger partial charge < -0.3 is 14.6 Å². The van der Waals surface area contributed by atoms with Crippen molar-refractivity contribution in [3.05, 3.63) is 58.6 Å². The number of benzene rings is 1. The van der Waals surface area contributed by atoms with Crippen molar-refractivity contribution in [2.75, 3.05) is 19.0 Å². The van der Waals surface area contributed by atoms with Crippen LogP contribution in [0.3, 0.4) is 0 Å². The maximum absolute atomic E-state index is 14.0. The van der Waals surface area contributed by atoms with Crippen molar-refractivity contribution in [2.24, 2.45) is 0 Å². The van der Waals surface area contributed by atoms with Gasteiger partial charge in [0.05, 0.1) is 28.8 Å². The summed E-state index contributed by atoms with van der Waals surface area (Å²) in [5.74, 6) is 1.04. The number of rotatable bonds is 6.